The standard InChI is InChI=1S/C19H18N6O7S2/c1-32-23-14(12-9-33-19(20)22-12)16(26)21-11-7-24-8-13(15(18(28)29)25(24)17(11)27)34(30,31)10-5-3-2-4-6-10/h2-6,9,11H,7-8H2,1H3,(H2,20,22)(H,21,26)(H,28,29)/b23-14+/t11-/m0/s1. The molecule has 2 aromatic rings. The van der Waals surface area contributed by atoms with Gasteiger partial charge in [-0.3, -0.25) is 9.59 Å². The molecule has 0 radical (unpaired) electrons. The maximum atomic E-state index is 13.1. The van der Waals surface area contributed by atoms with E-state index in [1.807, 2.05) is 0 Å². The summed E-state index contributed by atoms with van der Waals surface area (Å²) in [5.41, 5.74) is 4.82. The first-order valence-corrected chi connectivity index (χ1v) is 12.0. The third kappa shape index (κ3) is 4.00. The van der Waals surface area contributed by atoms with Crippen molar-refractivity contribution in [1.29, 1.82) is 0 Å². The van der Waals surface area contributed by atoms with Crippen LogP contribution in [0.5, 0.6) is 0 Å². The number of rotatable bonds is 7. The van der Waals surface area contributed by atoms with E-state index in [9.17, 15) is 27.9 Å². The number of carbonyl (C=O) groups excluding carboxylic acids is 2. The molecule has 0 spiro atoms. The highest BCUT2D eigenvalue weighted by atomic mass is 32.2. The molecule has 1 fully saturated rings. The van der Waals surface area contributed by atoms with Crippen LogP contribution in [0.15, 0.2) is 56.4 Å². The number of aliphatic carboxylic acids is 1. The highest BCUT2D eigenvalue weighted by molar-refractivity contribution is 7.95. The molecule has 2 aliphatic rings. The average molecular weight is 507 g/mol. The summed E-state index contributed by atoms with van der Waals surface area (Å²) in [6, 6.07) is 6.16. The van der Waals surface area contributed by atoms with Crippen LogP contribution in [0, 0.1) is 0 Å². The van der Waals surface area contributed by atoms with Crippen LogP contribution in [0.25, 0.3) is 0 Å². The largest absolute Gasteiger partial charge is 0.476 e. The van der Waals surface area contributed by atoms with Crippen LogP contribution in [0.3, 0.4) is 0 Å². The zero-order chi connectivity index (χ0) is 24.6. The van der Waals surface area contributed by atoms with Crippen LogP contribution in [0.2, 0.25) is 0 Å². The number of oxime groups is 1. The summed E-state index contributed by atoms with van der Waals surface area (Å²) in [6.07, 6.45) is 0. The van der Waals surface area contributed by atoms with Gasteiger partial charge in [-0.25, -0.2) is 28.2 Å². The number of nitrogen functional groups attached to an aromatic ring is 1. The maximum absolute atomic E-state index is 13.1. The molecule has 15 heteroatoms. The van der Waals surface area contributed by atoms with E-state index in [1.54, 1.807) is 6.07 Å². The molecule has 4 N–H and O–H groups in total. The predicted octanol–water partition coefficient (Wildman–Crippen LogP) is -0.596. The lowest BCUT2D eigenvalue weighted by atomic mass is 10.2. The lowest BCUT2D eigenvalue weighted by molar-refractivity contribution is -0.143. The van der Waals surface area contributed by atoms with Crippen molar-refractivity contribution in [3.63, 3.8) is 0 Å². The van der Waals surface area contributed by atoms with Gasteiger partial charge in [-0.05, 0) is 12.1 Å². The number of carbonyl (C=O) groups is 3. The van der Waals surface area contributed by atoms with Gasteiger partial charge in [0.2, 0.25) is 9.84 Å². The lowest BCUT2D eigenvalue weighted by Gasteiger charge is -2.18. The van der Waals surface area contributed by atoms with Gasteiger partial charge in [-0.1, -0.05) is 23.4 Å². The summed E-state index contributed by atoms with van der Waals surface area (Å²) in [7, 11) is -2.95. The molecular formula is C19H18N6O7S2. The zero-order valence-corrected chi connectivity index (χ0v) is 19.2. The first-order valence-electron chi connectivity index (χ1n) is 9.64. The summed E-state index contributed by atoms with van der Waals surface area (Å²) >= 11 is 1.08. The number of anilines is 1. The van der Waals surface area contributed by atoms with Crippen LogP contribution < -0.4 is 11.1 Å². The van der Waals surface area contributed by atoms with Crippen LogP contribution in [0.4, 0.5) is 5.13 Å². The van der Waals surface area contributed by atoms with Gasteiger partial charge in [0.05, 0.1) is 16.3 Å². The first-order chi connectivity index (χ1) is 16.1. The number of nitrogens with zero attached hydrogens (tertiary/aromatic N) is 4. The first kappa shape index (κ1) is 23.3. The number of nitrogens with one attached hydrogen (secondary N) is 1. The molecule has 178 valence electrons. The van der Waals surface area contributed by atoms with Crippen LogP contribution in [-0.4, -0.2) is 78.3 Å². The molecule has 1 atom stereocenters. The Bertz CT molecular complexity index is 1340. The molecule has 0 bridgehead atoms. The van der Waals surface area contributed by atoms with Gasteiger partial charge in [0.25, 0.3) is 11.8 Å². The number of hydrazine groups is 1. The van der Waals surface area contributed by atoms with E-state index in [0.29, 0.717) is 0 Å². The molecular weight excluding hydrogens is 488 g/mol. The smallest absolute Gasteiger partial charge is 0.355 e. The Kier molecular flexibility index (Phi) is 6.07. The quantitative estimate of drug-likeness (QED) is 0.324. The van der Waals surface area contributed by atoms with Gasteiger partial charge in [-0.15, -0.1) is 11.3 Å². The van der Waals surface area contributed by atoms with Crippen molar-refractivity contribution in [3.05, 3.63) is 52.0 Å². The van der Waals surface area contributed by atoms with Crippen molar-refractivity contribution in [2.75, 3.05) is 25.9 Å². The number of hydrogen-bond acceptors (Lipinski definition) is 11. The van der Waals surface area contributed by atoms with E-state index < -0.39 is 44.3 Å². The predicted molar refractivity (Wildman–Crippen MR) is 119 cm³/mol. The highest BCUT2D eigenvalue weighted by Gasteiger charge is 2.51. The Labute approximate surface area is 197 Å². The number of nitrogens with two attached hydrogens (primary N) is 1. The van der Waals surface area contributed by atoms with Crippen LogP contribution >= 0.6 is 11.3 Å². The monoisotopic (exact) mass is 506 g/mol. The lowest BCUT2D eigenvalue weighted by Crippen LogP contribution is -2.46. The molecule has 4 rings (SSSR count). The summed E-state index contributed by atoms with van der Waals surface area (Å²) < 4.78 is 26.1. The Morgan fingerprint density at radius 2 is 2.03 bits per heavy atom. The van der Waals surface area contributed by atoms with Crippen molar-refractivity contribution < 1.29 is 32.7 Å². The second-order valence-electron chi connectivity index (χ2n) is 7.11. The van der Waals surface area contributed by atoms with Crippen molar-refractivity contribution in [2.24, 2.45) is 5.16 Å². The molecule has 0 aliphatic carbocycles. The molecule has 0 saturated carbocycles. The van der Waals surface area contributed by atoms with E-state index in [2.05, 4.69) is 15.5 Å². The normalized spacial score (nSPS) is 18.9. The molecule has 3 heterocycles. The van der Waals surface area contributed by atoms with Gasteiger partial charge < -0.3 is 21.0 Å². The second-order valence-corrected chi connectivity index (χ2v) is 9.97. The van der Waals surface area contributed by atoms with Gasteiger partial charge in [0.15, 0.2) is 16.5 Å². The number of fused-ring (bicyclic) bond motifs is 1. The fourth-order valence-corrected chi connectivity index (χ4v) is 5.69. The third-order valence-corrected chi connectivity index (χ3v) is 7.57. The highest BCUT2D eigenvalue weighted by Crippen LogP contribution is 2.34. The Morgan fingerprint density at radius 1 is 1.32 bits per heavy atom. The topological polar surface area (TPSA) is 185 Å². The fraction of sp³-hybridized carbons (Fsp3) is 0.211. The number of hydrogen-bond donors (Lipinski definition) is 3. The molecule has 1 aromatic heterocycles. The zero-order valence-electron chi connectivity index (χ0n) is 17.5. The van der Waals surface area contributed by atoms with E-state index in [0.717, 1.165) is 16.3 Å². The Hall–Kier alpha value is -3.82. The Balaban J connectivity index is 1.61. The number of amides is 2. The van der Waals surface area contributed by atoms with Crippen molar-refractivity contribution >= 4 is 49.8 Å². The number of carboxylic acids is 1. The van der Waals surface area contributed by atoms with Crippen molar-refractivity contribution in [3.8, 4) is 0 Å². The number of benzene rings is 1. The average Bonchev–Trinajstić information content (AvgIpc) is 3.48. The minimum absolute atomic E-state index is 0.0913. The number of aromatic nitrogens is 1. The molecule has 2 amide bonds. The number of thiazole rings is 1. The molecule has 1 aromatic carbocycles. The van der Waals surface area contributed by atoms with Crippen LogP contribution in [-0.2, 0) is 29.1 Å². The maximum Gasteiger partial charge on any atom is 0.355 e. The molecule has 34 heavy (non-hydrogen) atoms. The number of sulfone groups is 1. The van der Waals surface area contributed by atoms with E-state index in [-0.39, 0.29) is 34.5 Å². The second kappa shape index (κ2) is 8.85. The molecule has 13 nitrogen and oxygen atoms in total. The van der Waals surface area contributed by atoms with Gasteiger partial charge in [0.1, 0.15) is 18.8 Å². The SMILES string of the molecule is CO/N=C(/C(=O)N[C@H]1CN2CC(S(=O)(=O)c3ccccc3)=C(C(=O)O)N2C1=O)c1csc(N)n1. The van der Waals surface area contributed by atoms with E-state index >= 15 is 0 Å². The summed E-state index contributed by atoms with van der Waals surface area (Å²) in [5.74, 6) is -3.19. The van der Waals surface area contributed by atoms with Crippen LogP contribution in [0.1, 0.15) is 5.69 Å². The van der Waals surface area contributed by atoms with Gasteiger partial charge >= 0.3 is 5.97 Å². The fourth-order valence-electron chi connectivity index (χ4n) is 3.59. The van der Waals surface area contributed by atoms with Crippen molar-refractivity contribution in [2.45, 2.75) is 10.9 Å². The molecule has 0 unspecified atom stereocenters. The minimum Gasteiger partial charge on any atom is -0.476 e. The van der Waals surface area contributed by atoms with Gasteiger partial charge in [0, 0.05) is 11.9 Å². The summed E-state index contributed by atoms with van der Waals surface area (Å²) in [6.45, 7) is -0.507. The molecule has 2 aliphatic heterocycles. The van der Waals surface area contributed by atoms with E-state index in [1.165, 1.54) is 41.8 Å². The van der Waals surface area contributed by atoms with Crippen molar-refractivity contribution in [1.82, 2.24) is 20.3 Å². The third-order valence-electron chi connectivity index (χ3n) is 5.03. The minimum atomic E-state index is -4.17. The summed E-state index contributed by atoms with van der Waals surface area (Å²) in [5, 5.41) is 19.6. The molecule has 1 saturated heterocycles. The number of carboxylic acid groups (broad SMARTS) is 1. The summed E-state index contributed by atoms with van der Waals surface area (Å²) in [4.78, 5) is 46.0. The Morgan fingerprint density at radius 3 is 2.62 bits per heavy atom. The van der Waals surface area contributed by atoms with Gasteiger partial charge in [-0.2, -0.15) is 0 Å². The van der Waals surface area contributed by atoms with E-state index in [4.69, 9.17) is 10.6 Å².